The van der Waals surface area contributed by atoms with Crippen LogP contribution in [0.3, 0.4) is 0 Å². The Morgan fingerprint density at radius 2 is 2.05 bits per heavy atom. The van der Waals surface area contributed by atoms with Crippen molar-refractivity contribution >= 4 is 40.6 Å². The molecular formula is C14H21N3OS2. The predicted octanol–water partition coefficient (Wildman–Crippen LogP) is 2.36. The second kappa shape index (κ2) is 6.95. The van der Waals surface area contributed by atoms with E-state index in [0.29, 0.717) is 11.5 Å². The number of carbonyl (C=O) groups is 1. The monoisotopic (exact) mass is 311 g/mol. The smallest absolute Gasteiger partial charge is 0.224 e. The summed E-state index contributed by atoms with van der Waals surface area (Å²) in [4.78, 5) is 12.7. The summed E-state index contributed by atoms with van der Waals surface area (Å²) in [7, 11) is 0. The number of primary amides is 1. The van der Waals surface area contributed by atoms with Gasteiger partial charge in [-0.25, -0.2) is 0 Å². The van der Waals surface area contributed by atoms with Crippen LogP contribution in [0.15, 0.2) is 23.1 Å². The molecule has 0 heterocycles. The lowest BCUT2D eigenvalue weighted by Crippen LogP contribution is -2.37. The van der Waals surface area contributed by atoms with E-state index in [1.165, 1.54) is 0 Å². The molecule has 0 fully saturated rings. The molecule has 0 unspecified atom stereocenters. The largest absolute Gasteiger partial charge is 0.389 e. The standard InChI is InChI=1S/C14H21N3OS2/c1-4-20-10-7-5-6-9(11(10)12(15)19)17-8-14(2,3)13(16)18/h5-7,17H,4,8H2,1-3H3,(H2,15,19)(H2,16,18). The Hall–Kier alpha value is -1.27. The highest BCUT2D eigenvalue weighted by molar-refractivity contribution is 7.99. The van der Waals surface area contributed by atoms with Crippen molar-refractivity contribution in [3.8, 4) is 0 Å². The Labute approximate surface area is 129 Å². The molecule has 0 aliphatic heterocycles. The maximum absolute atomic E-state index is 11.4. The number of carbonyl (C=O) groups excluding carboxylic acids is 1. The molecule has 0 saturated heterocycles. The van der Waals surface area contributed by atoms with E-state index in [-0.39, 0.29) is 5.91 Å². The van der Waals surface area contributed by atoms with Crippen LogP contribution in [0.5, 0.6) is 0 Å². The van der Waals surface area contributed by atoms with Gasteiger partial charge in [-0.05, 0) is 31.7 Å². The van der Waals surface area contributed by atoms with Crippen LogP contribution in [0.4, 0.5) is 5.69 Å². The van der Waals surface area contributed by atoms with Crippen LogP contribution in [0.1, 0.15) is 26.3 Å². The van der Waals surface area contributed by atoms with E-state index in [2.05, 4.69) is 12.2 Å². The molecule has 0 aliphatic rings. The molecule has 0 spiro atoms. The summed E-state index contributed by atoms with van der Waals surface area (Å²) in [6, 6.07) is 5.84. The van der Waals surface area contributed by atoms with Crippen molar-refractivity contribution in [1.29, 1.82) is 0 Å². The summed E-state index contributed by atoms with van der Waals surface area (Å²) in [5, 5.41) is 3.23. The number of rotatable bonds is 7. The van der Waals surface area contributed by atoms with Gasteiger partial charge >= 0.3 is 0 Å². The lowest BCUT2D eigenvalue weighted by atomic mass is 9.92. The Morgan fingerprint density at radius 1 is 1.40 bits per heavy atom. The first-order valence-corrected chi connectivity index (χ1v) is 7.78. The van der Waals surface area contributed by atoms with E-state index in [9.17, 15) is 4.79 Å². The Bertz CT molecular complexity index is 515. The molecule has 6 heteroatoms. The number of amides is 1. The van der Waals surface area contributed by atoms with Crippen LogP contribution in [0.2, 0.25) is 0 Å². The summed E-state index contributed by atoms with van der Waals surface area (Å²) in [6.07, 6.45) is 0. The van der Waals surface area contributed by atoms with Crippen LogP contribution in [0.25, 0.3) is 0 Å². The molecule has 1 rings (SSSR count). The fourth-order valence-electron chi connectivity index (χ4n) is 1.61. The second-order valence-electron chi connectivity index (χ2n) is 5.08. The highest BCUT2D eigenvalue weighted by atomic mass is 32.2. The van der Waals surface area contributed by atoms with Crippen molar-refractivity contribution in [3.63, 3.8) is 0 Å². The first-order valence-electron chi connectivity index (χ1n) is 6.39. The molecule has 1 aromatic rings. The van der Waals surface area contributed by atoms with Gasteiger partial charge in [-0.15, -0.1) is 11.8 Å². The van der Waals surface area contributed by atoms with Gasteiger partial charge in [0, 0.05) is 22.7 Å². The van der Waals surface area contributed by atoms with Gasteiger partial charge in [-0.2, -0.15) is 0 Å². The number of benzene rings is 1. The number of hydrogen-bond acceptors (Lipinski definition) is 4. The van der Waals surface area contributed by atoms with E-state index in [4.69, 9.17) is 23.7 Å². The summed E-state index contributed by atoms with van der Waals surface area (Å²) >= 11 is 6.83. The SMILES string of the molecule is CCSc1cccc(NCC(C)(C)C(N)=O)c1C(N)=S. The minimum absolute atomic E-state index is 0.346. The molecule has 1 aromatic carbocycles. The van der Waals surface area contributed by atoms with Gasteiger partial charge in [0.1, 0.15) is 4.99 Å². The van der Waals surface area contributed by atoms with E-state index < -0.39 is 5.41 Å². The number of thiocarbonyl (C=S) groups is 1. The quantitative estimate of drug-likeness (QED) is 0.532. The van der Waals surface area contributed by atoms with Crippen LogP contribution in [0, 0.1) is 5.41 Å². The first kappa shape index (κ1) is 16.8. The minimum Gasteiger partial charge on any atom is -0.389 e. The molecule has 0 aliphatic carbocycles. The lowest BCUT2D eigenvalue weighted by Gasteiger charge is -2.23. The van der Waals surface area contributed by atoms with Gasteiger partial charge < -0.3 is 16.8 Å². The average molecular weight is 311 g/mol. The zero-order chi connectivity index (χ0) is 15.3. The number of hydrogen-bond donors (Lipinski definition) is 3. The molecule has 0 bridgehead atoms. The van der Waals surface area contributed by atoms with Crippen LogP contribution in [-0.4, -0.2) is 23.2 Å². The summed E-state index contributed by atoms with van der Waals surface area (Å²) in [5.41, 5.74) is 12.2. The molecule has 0 atom stereocenters. The Morgan fingerprint density at radius 3 is 2.55 bits per heavy atom. The van der Waals surface area contributed by atoms with Crippen molar-refractivity contribution in [1.82, 2.24) is 0 Å². The number of anilines is 1. The molecule has 4 nitrogen and oxygen atoms in total. The number of nitrogens with one attached hydrogen (secondary N) is 1. The van der Waals surface area contributed by atoms with Gasteiger partial charge in [-0.1, -0.05) is 25.2 Å². The number of thioether (sulfide) groups is 1. The van der Waals surface area contributed by atoms with Gasteiger partial charge in [0.2, 0.25) is 5.91 Å². The second-order valence-corrected chi connectivity index (χ2v) is 6.82. The van der Waals surface area contributed by atoms with Crippen LogP contribution in [-0.2, 0) is 4.79 Å². The maximum atomic E-state index is 11.4. The molecule has 5 N–H and O–H groups in total. The van der Waals surface area contributed by atoms with Crippen molar-refractivity contribution < 1.29 is 4.79 Å². The van der Waals surface area contributed by atoms with Crippen molar-refractivity contribution in [2.45, 2.75) is 25.7 Å². The highest BCUT2D eigenvalue weighted by Gasteiger charge is 2.25. The molecular weight excluding hydrogens is 290 g/mol. The molecule has 0 saturated carbocycles. The van der Waals surface area contributed by atoms with Crippen molar-refractivity contribution in [2.24, 2.45) is 16.9 Å². The molecule has 0 aromatic heterocycles. The third-order valence-corrected chi connectivity index (χ3v) is 4.10. The molecule has 20 heavy (non-hydrogen) atoms. The molecule has 110 valence electrons. The average Bonchev–Trinajstić information content (AvgIpc) is 2.36. The van der Waals surface area contributed by atoms with E-state index in [0.717, 1.165) is 21.9 Å². The molecule has 0 radical (unpaired) electrons. The predicted molar refractivity (Wildman–Crippen MR) is 90.2 cm³/mol. The Balaban J connectivity index is 3.03. The zero-order valence-electron chi connectivity index (χ0n) is 12.0. The van der Waals surface area contributed by atoms with Crippen LogP contribution < -0.4 is 16.8 Å². The topological polar surface area (TPSA) is 81.1 Å². The van der Waals surface area contributed by atoms with Gasteiger partial charge in [-0.3, -0.25) is 4.79 Å². The first-order chi connectivity index (χ1) is 9.29. The highest BCUT2D eigenvalue weighted by Crippen LogP contribution is 2.29. The van der Waals surface area contributed by atoms with Gasteiger partial charge in [0.05, 0.1) is 5.41 Å². The summed E-state index contributed by atoms with van der Waals surface area (Å²) in [6.45, 7) is 6.10. The van der Waals surface area contributed by atoms with E-state index in [1.807, 2.05) is 18.2 Å². The lowest BCUT2D eigenvalue weighted by molar-refractivity contribution is -0.125. The third kappa shape index (κ3) is 4.11. The maximum Gasteiger partial charge on any atom is 0.224 e. The fourth-order valence-corrected chi connectivity index (χ4v) is 2.75. The normalized spacial score (nSPS) is 11.2. The number of nitrogens with two attached hydrogens (primary N) is 2. The van der Waals surface area contributed by atoms with Crippen molar-refractivity contribution in [2.75, 3.05) is 17.6 Å². The van der Waals surface area contributed by atoms with Crippen molar-refractivity contribution in [3.05, 3.63) is 23.8 Å². The minimum atomic E-state index is -0.638. The van der Waals surface area contributed by atoms with Gasteiger partial charge in [0.25, 0.3) is 0 Å². The molecule has 1 amide bonds. The third-order valence-electron chi connectivity index (χ3n) is 2.96. The summed E-state index contributed by atoms with van der Waals surface area (Å²) in [5.74, 6) is 0.590. The van der Waals surface area contributed by atoms with E-state index >= 15 is 0 Å². The van der Waals surface area contributed by atoms with E-state index in [1.54, 1.807) is 25.6 Å². The Kier molecular flexibility index (Phi) is 5.83. The van der Waals surface area contributed by atoms with Gasteiger partial charge in [0.15, 0.2) is 0 Å². The summed E-state index contributed by atoms with van der Waals surface area (Å²) < 4.78 is 0. The zero-order valence-corrected chi connectivity index (χ0v) is 13.7. The fraction of sp³-hybridized carbons (Fsp3) is 0.429. The van der Waals surface area contributed by atoms with Crippen LogP contribution >= 0.6 is 24.0 Å².